The van der Waals surface area contributed by atoms with E-state index in [-0.39, 0.29) is 6.61 Å². The second kappa shape index (κ2) is 4.15. The van der Waals surface area contributed by atoms with E-state index in [1.807, 2.05) is 0 Å². The van der Waals surface area contributed by atoms with Crippen molar-refractivity contribution in [3.63, 3.8) is 0 Å². The Balaban J connectivity index is 1.90. The quantitative estimate of drug-likeness (QED) is 0.857. The average molecular weight is 279 g/mol. The van der Waals surface area contributed by atoms with Crippen molar-refractivity contribution in [3.8, 4) is 0 Å². The van der Waals surface area contributed by atoms with Crippen molar-refractivity contribution in [2.75, 3.05) is 0 Å². The molecule has 0 aliphatic heterocycles. The first kappa shape index (κ1) is 11.6. The Morgan fingerprint density at radius 2 is 2.21 bits per heavy atom. The van der Waals surface area contributed by atoms with Gasteiger partial charge in [-0.2, -0.15) is 0 Å². The second-order valence-electron chi connectivity index (χ2n) is 5.64. The van der Waals surface area contributed by atoms with Crippen LogP contribution in [0.2, 0.25) is 5.15 Å². The van der Waals surface area contributed by atoms with Gasteiger partial charge in [0.1, 0.15) is 24.3 Å². The molecule has 2 aromatic heterocycles. The van der Waals surface area contributed by atoms with Gasteiger partial charge in [-0.05, 0) is 31.1 Å². The zero-order valence-corrected chi connectivity index (χ0v) is 11.2. The fourth-order valence-electron chi connectivity index (χ4n) is 3.91. The van der Waals surface area contributed by atoms with Gasteiger partial charge in [-0.15, -0.1) is 0 Å². The van der Waals surface area contributed by atoms with Crippen LogP contribution in [0.4, 0.5) is 0 Å². The summed E-state index contributed by atoms with van der Waals surface area (Å²) in [6, 6.07) is 0.414. The molecule has 5 nitrogen and oxygen atoms in total. The van der Waals surface area contributed by atoms with E-state index in [1.54, 1.807) is 0 Å². The molecule has 2 aromatic rings. The molecule has 2 bridgehead atoms. The first-order valence-electron chi connectivity index (χ1n) is 6.76. The lowest BCUT2D eigenvalue weighted by atomic mass is 9.95. The molecule has 2 aliphatic rings. The minimum absolute atomic E-state index is 0.0828. The van der Waals surface area contributed by atoms with Crippen LogP contribution in [0, 0.1) is 11.8 Å². The van der Waals surface area contributed by atoms with Crippen molar-refractivity contribution < 1.29 is 5.11 Å². The van der Waals surface area contributed by atoms with Gasteiger partial charge in [0.25, 0.3) is 0 Å². The van der Waals surface area contributed by atoms with Crippen LogP contribution >= 0.6 is 11.6 Å². The Morgan fingerprint density at radius 3 is 2.89 bits per heavy atom. The molecule has 100 valence electrons. The third-order valence-corrected chi connectivity index (χ3v) is 4.96. The smallest absolute Gasteiger partial charge is 0.165 e. The highest BCUT2D eigenvalue weighted by atomic mass is 35.5. The van der Waals surface area contributed by atoms with Crippen molar-refractivity contribution in [2.24, 2.45) is 11.8 Å². The molecule has 6 heteroatoms. The molecule has 0 spiro atoms. The number of hydrogen-bond acceptors (Lipinski definition) is 4. The van der Waals surface area contributed by atoms with E-state index in [0.717, 1.165) is 11.6 Å². The molecule has 3 atom stereocenters. The number of rotatable bonds is 2. The zero-order chi connectivity index (χ0) is 13.0. The molecule has 2 fully saturated rings. The molecular weight excluding hydrogens is 264 g/mol. The van der Waals surface area contributed by atoms with Crippen molar-refractivity contribution >= 4 is 22.8 Å². The minimum atomic E-state index is -0.0828. The maximum absolute atomic E-state index is 9.57. The van der Waals surface area contributed by atoms with Crippen LogP contribution in [0.25, 0.3) is 11.2 Å². The molecule has 1 N–H and O–H groups in total. The fraction of sp³-hybridized carbons (Fsp3) is 0.615. The van der Waals surface area contributed by atoms with E-state index in [9.17, 15) is 5.11 Å². The Kier molecular flexibility index (Phi) is 2.53. The normalized spacial score (nSPS) is 29.5. The van der Waals surface area contributed by atoms with Crippen LogP contribution in [0.1, 0.15) is 37.5 Å². The maximum atomic E-state index is 9.57. The standard InChI is InChI=1S/C13H15ClN4O/c14-12-11-13(16-6-15-12)18(10(5-19)17-11)9-4-7-1-2-8(9)3-7/h6-9,19H,1-5H2/t7-,8?,9?/m0/s1. The van der Waals surface area contributed by atoms with E-state index < -0.39 is 0 Å². The molecule has 2 unspecified atom stereocenters. The van der Waals surface area contributed by atoms with Crippen LogP contribution in [0.15, 0.2) is 6.33 Å². The predicted octanol–water partition coefficient (Wildman–Crippen LogP) is 2.33. The number of imidazole rings is 1. The summed E-state index contributed by atoms with van der Waals surface area (Å²) in [5.74, 6) is 2.19. The van der Waals surface area contributed by atoms with Crippen molar-refractivity contribution in [1.29, 1.82) is 0 Å². The third kappa shape index (κ3) is 1.61. The lowest BCUT2D eigenvalue weighted by Gasteiger charge is -2.24. The van der Waals surface area contributed by atoms with E-state index in [0.29, 0.717) is 28.5 Å². The maximum Gasteiger partial charge on any atom is 0.165 e. The highest BCUT2D eigenvalue weighted by molar-refractivity contribution is 6.33. The van der Waals surface area contributed by atoms with Crippen LogP contribution in [0.3, 0.4) is 0 Å². The zero-order valence-electron chi connectivity index (χ0n) is 10.5. The fourth-order valence-corrected chi connectivity index (χ4v) is 4.08. The number of aliphatic hydroxyl groups excluding tert-OH is 1. The second-order valence-corrected chi connectivity index (χ2v) is 5.99. The lowest BCUT2D eigenvalue weighted by Crippen LogP contribution is -2.19. The summed E-state index contributed by atoms with van der Waals surface area (Å²) in [6.07, 6.45) is 6.56. The van der Waals surface area contributed by atoms with Gasteiger partial charge in [0, 0.05) is 6.04 Å². The van der Waals surface area contributed by atoms with Crippen LogP contribution in [-0.2, 0) is 6.61 Å². The van der Waals surface area contributed by atoms with Gasteiger partial charge in [-0.1, -0.05) is 18.0 Å². The van der Waals surface area contributed by atoms with Gasteiger partial charge >= 0.3 is 0 Å². The highest BCUT2D eigenvalue weighted by Crippen LogP contribution is 2.51. The number of fused-ring (bicyclic) bond motifs is 3. The van der Waals surface area contributed by atoms with Crippen LogP contribution in [0.5, 0.6) is 0 Å². The molecule has 19 heavy (non-hydrogen) atoms. The largest absolute Gasteiger partial charge is 0.388 e. The molecule has 4 rings (SSSR count). The topological polar surface area (TPSA) is 63.8 Å². The van der Waals surface area contributed by atoms with Gasteiger partial charge in [-0.25, -0.2) is 15.0 Å². The van der Waals surface area contributed by atoms with Crippen LogP contribution in [-0.4, -0.2) is 24.6 Å². The number of halogens is 1. The molecule has 2 saturated carbocycles. The third-order valence-electron chi connectivity index (χ3n) is 4.68. The molecular formula is C13H15ClN4O. The summed E-state index contributed by atoms with van der Waals surface area (Å²) in [5.41, 5.74) is 1.37. The minimum Gasteiger partial charge on any atom is -0.388 e. The number of aromatic nitrogens is 4. The summed E-state index contributed by atoms with van der Waals surface area (Å²) >= 11 is 6.08. The molecule has 0 aromatic carbocycles. The summed E-state index contributed by atoms with van der Waals surface area (Å²) in [7, 11) is 0. The van der Waals surface area contributed by atoms with Crippen molar-refractivity contribution in [2.45, 2.75) is 38.3 Å². The monoisotopic (exact) mass is 278 g/mol. The first-order valence-corrected chi connectivity index (χ1v) is 7.14. The number of nitrogens with zero attached hydrogens (tertiary/aromatic N) is 4. The SMILES string of the molecule is OCc1nc2c(Cl)ncnc2n1C1C[C@H]2CCC1C2. The molecule has 0 amide bonds. The van der Waals surface area contributed by atoms with Crippen molar-refractivity contribution in [1.82, 2.24) is 19.5 Å². The van der Waals surface area contributed by atoms with Gasteiger partial charge in [0.15, 0.2) is 10.8 Å². The molecule has 0 radical (unpaired) electrons. The van der Waals surface area contributed by atoms with Crippen molar-refractivity contribution in [3.05, 3.63) is 17.3 Å². The van der Waals surface area contributed by atoms with E-state index in [1.165, 1.54) is 32.0 Å². The lowest BCUT2D eigenvalue weighted by molar-refractivity contribution is 0.248. The molecule has 2 heterocycles. The molecule has 0 saturated heterocycles. The average Bonchev–Trinajstić information content (AvgIpc) is 3.11. The Hall–Kier alpha value is -1.20. The van der Waals surface area contributed by atoms with E-state index >= 15 is 0 Å². The highest BCUT2D eigenvalue weighted by Gasteiger charge is 2.42. The Bertz CT molecular complexity index is 641. The van der Waals surface area contributed by atoms with Crippen LogP contribution < -0.4 is 0 Å². The number of hydrogen-bond donors (Lipinski definition) is 1. The Labute approximate surface area is 115 Å². The van der Waals surface area contributed by atoms with Gasteiger partial charge < -0.3 is 9.67 Å². The summed E-state index contributed by atoms with van der Waals surface area (Å²) in [5, 5.41) is 9.93. The van der Waals surface area contributed by atoms with Gasteiger partial charge in [0.2, 0.25) is 0 Å². The summed E-state index contributed by atoms with van der Waals surface area (Å²) < 4.78 is 2.10. The van der Waals surface area contributed by atoms with E-state index in [2.05, 4.69) is 19.5 Å². The summed E-state index contributed by atoms with van der Waals surface area (Å²) in [6.45, 7) is -0.0828. The first-order chi connectivity index (χ1) is 9.28. The van der Waals surface area contributed by atoms with Gasteiger partial charge in [0.05, 0.1) is 0 Å². The molecule has 2 aliphatic carbocycles. The number of aliphatic hydroxyl groups is 1. The predicted molar refractivity (Wildman–Crippen MR) is 70.7 cm³/mol. The Morgan fingerprint density at radius 1 is 1.32 bits per heavy atom. The van der Waals surface area contributed by atoms with E-state index in [4.69, 9.17) is 11.6 Å². The summed E-state index contributed by atoms with van der Waals surface area (Å²) in [4.78, 5) is 12.7. The van der Waals surface area contributed by atoms with Gasteiger partial charge in [-0.3, -0.25) is 0 Å².